The lowest BCUT2D eigenvalue weighted by Crippen LogP contribution is -2.56. The van der Waals surface area contributed by atoms with Crippen LogP contribution in [0.4, 0.5) is 4.79 Å². The highest BCUT2D eigenvalue weighted by atomic mass is 16.6. The lowest BCUT2D eigenvalue weighted by Gasteiger charge is -2.37. The Morgan fingerprint density at radius 1 is 0.897 bits per heavy atom. The minimum atomic E-state index is -0.856. The summed E-state index contributed by atoms with van der Waals surface area (Å²) in [6.45, 7) is 8.87. The molecule has 10 heteroatoms. The summed E-state index contributed by atoms with van der Waals surface area (Å²) in [4.78, 5) is 30.0. The number of alkyl carbamates (subject to hydrolysis) is 1. The van der Waals surface area contributed by atoms with Crippen LogP contribution in [0.3, 0.4) is 0 Å². The van der Waals surface area contributed by atoms with Crippen molar-refractivity contribution in [3.05, 3.63) is 53.6 Å². The smallest absolute Gasteiger partial charge is 0.408 e. The maximum Gasteiger partial charge on any atom is 0.408 e. The minimum Gasteiger partial charge on any atom is -0.493 e. The normalized spacial score (nSPS) is 14.9. The third kappa shape index (κ3) is 8.76. The Balaban J connectivity index is 1.60. The van der Waals surface area contributed by atoms with Gasteiger partial charge in [-0.3, -0.25) is 9.69 Å². The number of hydrogen-bond donors (Lipinski definition) is 1. The number of carbonyl (C=O) groups excluding carboxylic acids is 2. The number of hydrogen-bond acceptors (Lipinski definition) is 8. The number of piperazine rings is 1. The third-order valence-corrected chi connectivity index (χ3v) is 6.35. The van der Waals surface area contributed by atoms with Crippen LogP contribution < -0.4 is 19.5 Å². The molecule has 2 aromatic rings. The molecule has 0 radical (unpaired) electrons. The molecule has 3 rings (SSSR count). The number of nitrogens with zero attached hydrogens (tertiary/aromatic N) is 2. The first-order valence-electron chi connectivity index (χ1n) is 13.0. The van der Waals surface area contributed by atoms with Crippen molar-refractivity contribution < 1.29 is 33.3 Å². The molecule has 1 fully saturated rings. The fraction of sp³-hybridized carbons (Fsp3) is 0.517. The molecular weight excluding hydrogens is 502 g/mol. The SMILES string of the molecule is COc1ccc(CN2CCN(C(=O)[C@H](COC(C)(C)C)NC(=O)OCc3ccccc3)CC2)c(OC)c1OC. The number of nitrogens with one attached hydrogen (secondary N) is 1. The standard InChI is InChI=1S/C29H41N3O7/c1-29(2,3)39-20-23(30-28(34)38-19-21-10-8-7-9-11-21)27(33)32-16-14-31(15-17-32)18-22-12-13-24(35-4)26(37-6)25(22)36-5/h7-13,23H,14-20H2,1-6H3,(H,30,34)/t23-/m0/s1. The van der Waals surface area contributed by atoms with Crippen LogP contribution in [0.1, 0.15) is 31.9 Å². The van der Waals surface area contributed by atoms with Crippen LogP contribution >= 0.6 is 0 Å². The molecule has 10 nitrogen and oxygen atoms in total. The molecule has 0 aromatic heterocycles. The van der Waals surface area contributed by atoms with Crippen molar-refractivity contribution in [2.24, 2.45) is 0 Å². The minimum absolute atomic E-state index is 0.0474. The molecule has 2 amide bonds. The van der Waals surface area contributed by atoms with Crippen molar-refractivity contribution in [1.82, 2.24) is 15.1 Å². The summed E-state index contributed by atoms with van der Waals surface area (Å²) in [7, 11) is 4.78. The third-order valence-electron chi connectivity index (χ3n) is 6.35. The van der Waals surface area contributed by atoms with Crippen LogP contribution in [0.2, 0.25) is 0 Å². The summed E-state index contributed by atoms with van der Waals surface area (Å²) >= 11 is 0. The Morgan fingerprint density at radius 3 is 2.15 bits per heavy atom. The fourth-order valence-corrected chi connectivity index (χ4v) is 4.29. The van der Waals surface area contributed by atoms with Gasteiger partial charge in [-0.15, -0.1) is 0 Å². The van der Waals surface area contributed by atoms with Gasteiger partial charge in [-0.1, -0.05) is 36.4 Å². The highest BCUT2D eigenvalue weighted by molar-refractivity contribution is 5.86. The highest BCUT2D eigenvalue weighted by Crippen LogP contribution is 2.40. The second kappa shape index (κ2) is 14.0. The Kier molecular flexibility index (Phi) is 10.8. The summed E-state index contributed by atoms with van der Waals surface area (Å²) in [5, 5.41) is 2.71. The second-order valence-corrected chi connectivity index (χ2v) is 10.3. The van der Waals surface area contributed by atoms with E-state index in [2.05, 4.69) is 10.2 Å². The van der Waals surface area contributed by atoms with Gasteiger partial charge in [0, 0.05) is 38.3 Å². The molecule has 0 spiro atoms. The zero-order chi connectivity index (χ0) is 28.4. The van der Waals surface area contributed by atoms with E-state index in [9.17, 15) is 9.59 Å². The van der Waals surface area contributed by atoms with Gasteiger partial charge in [0.15, 0.2) is 11.5 Å². The second-order valence-electron chi connectivity index (χ2n) is 10.3. The number of benzene rings is 2. The summed E-state index contributed by atoms with van der Waals surface area (Å²) < 4.78 is 27.7. The Hall–Kier alpha value is -3.50. The molecule has 39 heavy (non-hydrogen) atoms. The van der Waals surface area contributed by atoms with Crippen LogP contribution in [0, 0.1) is 0 Å². The quantitative estimate of drug-likeness (QED) is 0.460. The molecule has 0 bridgehead atoms. The van der Waals surface area contributed by atoms with Gasteiger partial charge in [-0.2, -0.15) is 0 Å². The predicted octanol–water partition coefficient (Wildman–Crippen LogP) is 3.47. The average Bonchev–Trinajstić information content (AvgIpc) is 2.93. The van der Waals surface area contributed by atoms with Crippen LogP contribution in [0.15, 0.2) is 42.5 Å². The Morgan fingerprint density at radius 2 is 1.56 bits per heavy atom. The van der Waals surface area contributed by atoms with E-state index >= 15 is 0 Å². The topological polar surface area (TPSA) is 98.8 Å². The van der Waals surface area contributed by atoms with Crippen LogP contribution in [-0.2, 0) is 27.4 Å². The van der Waals surface area contributed by atoms with Crippen LogP contribution in [-0.4, -0.2) is 87.6 Å². The molecule has 1 heterocycles. The van der Waals surface area contributed by atoms with Gasteiger partial charge in [0.05, 0.1) is 33.5 Å². The number of ether oxygens (including phenoxy) is 5. The van der Waals surface area contributed by atoms with Crippen molar-refractivity contribution in [3.8, 4) is 17.2 Å². The van der Waals surface area contributed by atoms with E-state index in [1.807, 2.05) is 63.2 Å². The zero-order valence-corrected chi connectivity index (χ0v) is 23.8. The number of carbonyl (C=O) groups is 2. The van der Waals surface area contributed by atoms with E-state index in [1.165, 1.54) is 0 Å². The van der Waals surface area contributed by atoms with E-state index in [1.54, 1.807) is 26.2 Å². The maximum atomic E-state index is 13.5. The molecule has 0 unspecified atom stereocenters. The van der Waals surface area contributed by atoms with E-state index < -0.39 is 17.7 Å². The summed E-state index contributed by atoms with van der Waals surface area (Å²) in [6.07, 6.45) is -0.658. The van der Waals surface area contributed by atoms with E-state index in [4.69, 9.17) is 23.7 Å². The molecular formula is C29H41N3O7. The molecule has 2 aromatic carbocycles. The summed E-state index contributed by atoms with van der Waals surface area (Å²) in [6, 6.07) is 12.4. The molecule has 1 atom stereocenters. The van der Waals surface area contributed by atoms with Crippen molar-refractivity contribution in [1.29, 1.82) is 0 Å². The number of rotatable bonds is 11. The maximum absolute atomic E-state index is 13.5. The summed E-state index contributed by atoms with van der Waals surface area (Å²) in [5.74, 6) is 1.59. The van der Waals surface area contributed by atoms with E-state index in [0.717, 1.165) is 11.1 Å². The molecule has 214 valence electrons. The monoisotopic (exact) mass is 543 g/mol. The molecule has 0 saturated carbocycles. The first-order valence-corrected chi connectivity index (χ1v) is 13.0. The van der Waals surface area contributed by atoms with Gasteiger partial charge < -0.3 is 33.9 Å². The first kappa shape index (κ1) is 30.0. The molecule has 1 saturated heterocycles. The molecule has 1 aliphatic rings. The zero-order valence-electron chi connectivity index (χ0n) is 23.8. The summed E-state index contributed by atoms with van der Waals surface area (Å²) in [5.41, 5.74) is 1.36. The lowest BCUT2D eigenvalue weighted by molar-refractivity contribution is -0.138. The van der Waals surface area contributed by atoms with E-state index in [-0.39, 0.29) is 19.1 Å². The van der Waals surface area contributed by atoms with Gasteiger partial charge in [0.1, 0.15) is 12.6 Å². The first-order chi connectivity index (χ1) is 18.6. The van der Waals surface area contributed by atoms with Crippen LogP contribution in [0.5, 0.6) is 17.2 Å². The largest absolute Gasteiger partial charge is 0.493 e. The van der Waals surface area contributed by atoms with Gasteiger partial charge in [0.2, 0.25) is 11.7 Å². The Bertz CT molecular complexity index is 1080. The van der Waals surface area contributed by atoms with Gasteiger partial charge >= 0.3 is 6.09 Å². The van der Waals surface area contributed by atoms with Gasteiger partial charge in [0.25, 0.3) is 0 Å². The highest BCUT2D eigenvalue weighted by Gasteiger charge is 2.31. The molecule has 1 aliphatic heterocycles. The number of amides is 2. The van der Waals surface area contributed by atoms with Crippen molar-refractivity contribution in [3.63, 3.8) is 0 Å². The predicted molar refractivity (Wildman–Crippen MR) is 147 cm³/mol. The van der Waals surface area contributed by atoms with Gasteiger partial charge in [-0.25, -0.2) is 4.79 Å². The molecule has 1 N–H and O–H groups in total. The lowest BCUT2D eigenvalue weighted by atomic mass is 10.1. The molecule has 0 aliphatic carbocycles. The average molecular weight is 544 g/mol. The van der Waals surface area contributed by atoms with Gasteiger partial charge in [-0.05, 0) is 32.4 Å². The van der Waals surface area contributed by atoms with Crippen LogP contribution in [0.25, 0.3) is 0 Å². The van der Waals surface area contributed by atoms with E-state index in [0.29, 0.717) is 50.0 Å². The Labute approximate surface area is 231 Å². The van der Waals surface area contributed by atoms with Crippen molar-refractivity contribution >= 4 is 12.0 Å². The van der Waals surface area contributed by atoms with Crippen molar-refractivity contribution in [2.45, 2.75) is 45.6 Å². The fourth-order valence-electron chi connectivity index (χ4n) is 4.29. The number of methoxy groups -OCH3 is 3. The van der Waals surface area contributed by atoms with Crippen molar-refractivity contribution in [2.75, 3.05) is 54.1 Å².